The molecule has 0 unspecified atom stereocenters. The standard InChI is InChI=1S/C13H20N4.C2H6/c1-13(2)9-17(8-7-16-13)11-4-6-15-12-10(11)3-5-14-12;1-2/h4,6,16H,3,5,7-9H2,1-2H3,(H,14,15);1-2H3. The van der Waals surface area contributed by atoms with Crippen LogP contribution in [0.1, 0.15) is 33.3 Å². The second-order valence-electron chi connectivity index (χ2n) is 5.57. The summed E-state index contributed by atoms with van der Waals surface area (Å²) in [4.78, 5) is 6.89. The van der Waals surface area contributed by atoms with Crippen LogP contribution in [0.15, 0.2) is 12.3 Å². The van der Waals surface area contributed by atoms with Gasteiger partial charge >= 0.3 is 0 Å². The molecule has 2 N–H and O–H groups in total. The van der Waals surface area contributed by atoms with Crippen molar-refractivity contribution in [2.75, 3.05) is 36.4 Å². The fraction of sp³-hybridized carbons (Fsp3) is 0.667. The Morgan fingerprint density at radius 3 is 2.79 bits per heavy atom. The van der Waals surface area contributed by atoms with E-state index in [1.165, 1.54) is 11.3 Å². The van der Waals surface area contributed by atoms with Gasteiger partial charge in [0.05, 0.1) is 0 Å². The Morgan fingerprint density at radius 1 is 1.26 bits per heavy atom. The highest BCUT2D eigenvalue weighted by molar-refractivity contribution is 5.66. The van der Waals surface area contributed by atoms with Crippen molar-refractivity contribution in [3.05, 3.63) is 17.8 Å². The van der Waals surface area contributed by atoms with E-state index in [0.717, 1.165) is 38.4 Å². The van der Waals surface area contributed by atoms with Crippen molar-refractivity contribution in [2.24, 2.45) is 0 Å². The van der Waals surface area contributed by atoms with Gasteiger partial charge in [-0.1, -0.05) is 13.8 Å². The van der Waals surface area contributed by atoms with Crippen molar-refractivity contribution in [3.63, 3.8) is 0 Å². The van der Waals surface area contributed by atoms with Gasteiger partial charge in [0.2, 0.25) is 0 Å². The smallest absolute Gasteiger partial charge is 0.131 e. The van der Waals surface area contributed by atoms with Crippen LogP contribution in [0.3, 0.4) is 0 Å². The number of nitrogens with one attached hydrogen (secondary N) is 2. The van der Waals surface area contributed by atoms with E-state index in [-0.39, 0.29) is 5.54 Å². The average Bonchev–Trinajstić information content (AvgIpc) is 2.88. The Kier molecular flexibility index (Phi) is 4.30. The van der Waals surface area contributed by atoms with E-state index in [9.17, 15) is 0 Å². The zero-order valence-electron chi connectivity index (χ0n) is 12.6. The Morgan fingerprint density at radius 2 is 2.05 bits per heavy atom. The van der Waals surface area contributed by atoms with Crippen molar-refractivity contribution < 1.29 is 0 Å². The molecule has 1 aromatic heterocycles. The molecule has 0 bridgehead atoms. The molecule has 4 nitrogen and oxygen atoms in total. The van der Waals surface area contributed by atoms with E-state index < -0.39 is 0 Å². The van der Waals surface area contributed by atoms with Crippen LogP contribution in [-0.2, 0) is 6.42 Å². The quantitative estimate of drug-likeness (QED) is 0.814. The first kappa shape index (κ1) is 14.1. The predicted octanol–water partition coefficient (Wildman–Crippen LogP) is 2.26. The summed E-state index contributed by atoms with van der Waals surface area (Å²) < 4.78 is 0. The molecule has 0 amide bonds. The Labute approximate surface area is 116 Å². The van der Waals surface area contributed by atoms with E-state index in [1.807, 2.05) is 20.0 Å². The van der Waals surface area contributed by atoms with Gasteiger partial charge in [-0.3, -0.25) is 0 Å². The average molecular weight is 262 g/mol. The van der Waals surface area contributed by atoms with Crippen LogP contribution in [0.2, 0.25) is 0 Å². The van der Waals surface area contributed by atoms with Crippen LogP contribution < -0.4 is 15.5 Å². The Bertz CT molecular complexity index is 428. The van der Waals surface area contributed by atoms with E-state index in [1.54, 1.807) is 0 Å². The molecule has 0 radical (unpaired) electrons. The molecular weight excluding hydrogens is 236 g/mol. The van der Waals surface area contributed by atoms with Crippen LogP contribution in [0.4, 0.5) is 11.5 Å². The molecule has 1 aromatic rings. The highest BCUT2D eigenvalue weighted by atomic mass is 15.2. The van der Waals surface area contributed by atoms with E-state index in [4.69, 9.17) is 0 Å². The third kappa shape index (κ3) is 3.00. The predicted molar refractivity (Wildman–Crippen MR) is 82.1 cm³/mol. The fourth-order valence-corrected chi connectivity index (χ4v) is 2.83. The second-order valence-corrected chi connectivity index (χ2v) is 5.57. The molecule has 19 heavy (non-hydrogen) atoms. The number of fused-ring (bicyclic) bond motifs is 1. The van der Waals surface area contributed by atoms with Crippen LogP contribution in [0.5, 0.6) is 0 Å². The SMILES string of the molecule is CC.CC1(C)CN(c2ccnc3c2CCN3)CCN1. The van der Waals surface area contributed by atoms with Gasteiger partial charge in [-0.2, -0.15) is 0 Å². The monoisotopic (exact) mass is 262 g/mol. The second kappa shape index (κ2) is 5.78. The number of hydrogen-bond donors (Lipinski definition) is 2. The molecule has 3 rings (SSSR count). The molecule has 0 saturated carbocycles. The third-order valence-electron chi connectivity index (χ3n) is 3.61. The maximum absolute atomic E-state index is 4.40. The van der Waals surface area contributed by atoms with Crippen molar-refractivity contribution in [2.45, 2.75) is 39.7 Å². The van der Waals surface area contributed by atoms with E-state index in [2.05, 4.69) is 40.4 Å². The molecule has 0 spiro atoms. The number of nitrogens with zero attached hydrogens (tertiary/aromatic N) is 2. The highest BCUT2D eigenvalue weighted by Crippen LogP contribution is 2.31. The Hall–Kier alpha value is -1.29. The van der Waals surface area contributed by atoms with Crippen molar-refractivity contribution in [3.8, 4) is 0 Å². The van der Waals surface area contributed by atoms with Gasteiger partial charge in [0, 0.05) is 49.2 Å². The summed E-state index contributed by atoms with van der Waals surface area (Å²) in [6.45, 7) is 12.7. The minimum atomic E-state index is 0.195. The lowest BCUT2D eigenvalue weighted by atomic mass is 10.0. The van der Waals surface area contributed by atoms with Gasteiger partial charge in [-0.25, -0.2) is 4.98 Å². The van der Waals surface area contributed by atoms with Gasteiger partial charge in [-0.05, 0) is 26.3 Å². The van der Waals surface area contributed by atoms with Crippen molar-refractivity contribution in [1.29, 1.82) is 0 Å². The fourth-order valence-electron chi connectivity index (χ4n) is 2.83. The van der Waals surface area contributed by atoms with Gasteiger partial charge in [0.1, 0.15) is 5.82 Å². The van der Waals surface area contributed by atoms with Crippen LogP contribution in [-0.4, -0.2) is 36.7 Å². The largest absolute Gasteiger partial charge is 0.369 e. The molecule has 3 heterocycles. The maximum Gasteiger partial charge on any atom is 0.131 e. The topological polar surface area (TPSA) is 40.2 Å². The van der Waals surface area contributed by atoms with Crippen LogP contribution in [0, 0.1) is 0 Å². The molecule has 1 fully saturated rings. The number of piperazine rings is 1. The van der Waals surface area contributed by atoms with Crippen LogP contribution in [0.25, 0.3) is 0 Å². The van der Waals surface area contributed by atoms with Gasteiger partial charge in [0.25, 0.3) is 0 Å². The zero-order valence-corrected chi connectivity index (χ0v) is 12.6. The summed E-state index contributed by atoms with van der Waals surface area (Å²) in [5, 5.41) is 6.90. The molecular formula is C15H26N4. The van der Waals surface area contributed by atoms with Gasteiger partial charge < -0.3 is 15.5 Å². The number of anilines is 2. The first-order valence-corrected chi connectivity index (χ1v) is 7.37. The summed E-state index contributed by atoms with van der Waals surface area (Å²) >= 11 is 0. The first-order chi connectivity index (χ1) is 9.16. The number of pyridine rings is 1. The van der Waals surface area contributed by atoms with E-state index >= 15 is 0 Å². The number of aromatic nitrogens is 1. The Balaban J connectivity index is 0.000000637. The highest BCUT2D eigenvalue weighted by Gasteiger charge is 2.28. The minimum Gasteiger partial charge on any atom is -0.369 e. The third-order valence-corrected chi connectivity index (χ3v) is 3.61. The number of rotatable bonds is 1. The summed E-state index contributed by atoms with van der Waals surface area (Å²) in [6.07, 6.45) is 3.02. The summed E-state index contributed by atoms with van der Waals surface area (Å²) in [6, 6.07) is 2.16. The van der Waals surface area contributed by atoms with Gasteiger partial charge in [0.15, 0.2) is 0 Å². The summed E-state index contributed by atoms with van der Waals surface area (Å²) in [5.74, 6) is 1.08. The normalized spacial score (nSPS) is 20.1. The molecule has 0 atom stereocenters. The van der Waals surface area contributed by atoms with E-state index in [0.29, 0.717) is 0 Å². The molecule has 106 valence electrons. The van der Waals surface area contributed by atoms with Crippen molar-refractivity contribution >= 4 is 11.5 Å². The van der Waals surface area contributed by atoms with Crippen LogP contribution >= 0.6 is 0 Å². The lowest BCUT2D eigenvalue weighted by molar-refractivity contribution is 0.353. The summed E-state index contributed by atoms with van der Waals surface area (Å²) in [7, 11) is 0. The lowest BCUT2D eigenvalue weighted by Crippen LogP contribution is -2.57. The lowest BCUT2D eigenvalue weighted by Gasteiger charge is -2.41. The molecule has 4 heteroatoms. The minimum absolute atomic E-state index is 0.195. The molecule has 0 aliphatic carbocycles. The summed E-state index contributed by atoms with van der Waals surface area (Å²) in [5.41, 5.74) is 2.96. The number of hydrogen-bond acceptors (Lipinski definition) is 4. The molecule has 0 aromatic carbocycles. The molecule has 2 aliphatic heterocycles. The molecule has 1 saturated heterocycles. The van der Waals surface area contributed by atoms with Gasteiger partial charge in [-0.15, -0.1) is 0 Å². The first-order valence-electron chi connectivity index (χ1n) is 7.37. The maximum atomic E-state index is 4.40. The van der Waals surface area contributed by atoms with Crippen molar-refractivity contribution in [1.82, 2.24) is 10.3 Å². The molecule has 2 aliphatic rings. The zero-order chi connectivity index (χ0) is 13.9.